The molecule has 2 aliphatic rings. The quantitative estimate of drug-likeness (QED) is 0.228. The standard InChI is InChI=1S/C35H39ClN4O3/c36-30-15-13-27(14-16-30)23-40-26-37-31(32(40)43-33(42)38-34(25-41)17-7-8-18-34)24-39-21-19-35(20-22-39,28-9-3-1-4-10-28)29-11-5-2-6-12-29/h1-6,9-16,26,41H,7-8,17-25H2,(H,38,42). The summed E-state index contributed by atoms with van der Waals surface area (Å²) in [5.74, 6) is 0.432. The Labute approximate surface area is 258 Å². The molecule has 3 aromatic carbocycles. The number of aliphatic hydroxyl groups is 1. The highest BCUT2D eigenvalue weighted by molar-refractivity contribution is 6.30. The molecule has 224 valence electrons. The van der Waals surface area contributed by atoms with Gasteiger partial charge in [-0.25, -0.2) is 9.78 Å². The van der Waals surface area contributed by atoms with E-state index in [4.69, 9.17) is 21.3 Å². The van der Waals surface area contributed by atoms with Crippen molar-refractivity contribution in [3.05, 3.63) is 119 Å². The predicted octanol–water partition coefficient (Wildman–Crippen LogP) is 6.56. The van der Waals surface area contributed by atoms with Crippen LogP contribution in [0.15, 0.2) is 91.3 Å². The van der Waals surface area contributed by atoms with Gasteiger partial charge in [-0.15, -0.1) is 0 Å². The van der Waals surface area contributed by atoms with Gasteiger partial charge in [0.1, 0.15) is 5.69 Å². The fourth-order valence-corrected chi connectivity index (χ4v) is 6.93. The lowest BCUT2D eigenvalue weighted by Crippen LogP contribution is -2.50. The molecule has 0 spiro atoms. The first-order valence-corrected chi connectivity index (χ1v) is 15.6. The van der Waals surface area contributed by atoms with Crippen LogP contribution in [0.2, 0.25) is 5.02 Å². The molecule has 1 saturated heterocycles. The Balaban J connectivity index is 1.22. The van der Waals surface area contributed by atoms with Gasteiger partial charge in [0.2, 0.25) is 5.88 Å². The summed E-state index contributed by atoms with van der Waals surface area (Å²) < 4.78 is 7.88. The molecule has 6 rings (SSSR count). The average Bonchev–Trinajstić information content (AvgIpc) is 3.67. The van der Waals surface area contributed by atoms with E-state index in [9.17, 15) is 9.90 Å². The highest BCUT2D eigenvalue weighted by Crippen LogP contribution is 2.42. The molecule has 1 aliphatic heterocycles. The molecule has 1 saturated carbocycles. The summed E-state index contributed by atoms with van der Waals surface area (Å²) in [6.45, 7) is 2.72. The van der Waals surface area contributed by atoms with Gasteiger partial charge >= 0.3 is 6.09 Å². The predicted molar refractivity (Wildman–Crippen MR) is 168 cm³/mol. The molecule has 8 heteroatoms. The molecule has 2 N–H and O–H groups in total. The van der Waals surface area contributed by atoms with Gasteiger partial charge in [0, 0.05) is 17.0 Å². The Morgan fingerprint density at radius 1 is 0.860 bits per heavy atom. The fourth-order valence-electron chi connectivity index (χ4n) is 6.81. The largest absolute Gasteiger partial charge is 0.414 e. The summed E-state index contributed by atoms with van der Waals surface area (Å²) >= 11 is 6.11. The van der Waals surface area contributed by atoms with Crippen LogP contribution < -0.4 is 10.1 Å². The monoisotopic (exact) mass is 598 g/mol. The number of nitrogens with one attached hydrogen (secondary N) is 1. The van der Waals surface area contributed by atoms with E-state index in [1.54, 1.807) is 6.33 Å². The van der Waals surface area contributed by atoms with Crippen molar-refractivity contribution >= 4 is 17.7 Å². The number of piperidine rings is 1. The van der Waals surface area contributed by atoms with Crippen LogP contribution in [0.1, 0.15) is 60.9 Å². The number of aliphatic hydroxyl groups excluding tert-OH is 1. The number of ether oxygens (including phenoxy) is 1. The number of hydrogen-bond acceptors (Lipinski definition) is 5. The Bertz CT molecular complexity index is 1450. The maximum Gasteiger partial charge on any atom is 0.414 e. The van der Waals surface area contributed by atoms with Crippen molar-refractivity contribution in [2.45, 2.75) is 62.6 Å². The molecule has 2 heterocycles. The first kappa shape index (κ1) is 29.4. The SMILES string of the molecule is O=C(NC1(CO)CCCC1)Oc1c(CN2CCC(c3ccccc3)(c3ccccc3)CC2)ncn1Cc1ccc(Cl)cc1. The number of benzene rings is 3. The zero-order chi connectivity index (χ0) is 29.7. The zero-order valence-corrected chi connectivity index (χ0v) is 25.2. The van der Waals surface area contributed by atoms with E-state index in [1.807, 2.05) is 28.8 Å². The molecule has 1 aromatic heterocycles. The maximum absolute atomic E-state index is 13.2. The topological polar surface area (TPSA) is 79.6 Å². The van der Waals surface area contributed by atoms with E-state index in [0.29, 0.717) is 24.0 Å². The molecule has 1 aliphatic carbocycles. The van der Waals surface area contributed by atoms with Gasteiger partial charge in [0.15, 0.2) is 0 Å². The lowest BCUT2D eigenvalue weighted by molar-refractivity contribution is 0.140. The number of nitrogens with zero attached hydrogens (tertiary/aromatic N) is 3. The summed E-state index contributed by atoms with van der Waals surface area (Å²) in [7, 11) is 0. The van der Waals surface area contributed by atoms with E-state index in [0.717, 1.165) is 62.9 Å². The van der Waals surface area contributed by atoms with Crippen LogP contribution in [-0.4, -0.2) is 50.9 Å². The molecule has 4 aromatic rings. The number of imidazole rings is 1. The van der Waals surface area contributed by atoms with Crippen LogP contribution in [0.25, 0.3) is 0 Å². The van der Waals surface area contributed by atoms with E-state index in [2.05, 4.69) is 70.9 Å². The molecule has 0 radical (unpaired) electrons. The van der Waals surface area contributed by atoms with Gasteiger partial charge in [-0.05, 0) is 67.6 Å². The van der Waals surface area contributed by atoms with Crippen molar-refractivity contribution in [3.8, 4) is 5.88 Å². The van der Waals surface area contributed by atoms with Crippen molar-refractivity contribution < 1.29 is 14.6 Å². The number of carbonyl (C=O) groups excluding carboxylic acids is 1. The second-order valence-electron chi connectivity index (χ2n) is 12.0. The van der Waals surface area contributed by atoms with Crippen LogP contribution in [0.3, 0.4) is 0 Å². The number of aromatic nitrogens is 2. The first-order valence-electron chi connectivity index (χ1n) is 15.2. The van der Waals surface area contributed by atoms with Gasteiger partial charge in [-0.1, -0.05) is 97.2 Å². The third kappa shape index (κ3) is 6.49. The number of amides is 1. The van der Waals surface area contributed by atoms with E-state index in [1.165, 1.54) is 11.1 Å². The third-order valence-corrected chi connectivity index (χ3v) is 9.53. The molecule has 43 heavy (non-hydrogen) atoms. The highest BCUT2D eigenvalue weighted by atomic mass is 35.5. The van der Waals surface area contributed by atoms with Crippen LogP contribution >= 0.6 is 11.6 Å². The number of likely N-dealkylation sites (tertiary alicyclic amines) is 1. The van der Waals surface area contributed by atoms with E-state index < -0.39 is 11.6 Å². The zero-order valence-electron chi connectivity index (χ0n) is 24.4. The molecule has 2 fully saturated rings. The van der Waals surface area contributed by atoms with Gasteiger partial charge in [-0.3, -0.25) is 9.47 Å². The minimum absolute atomic E-state index is 0.0495. The Morgan fingerprint density at radius 3 is 2.05 bits per heavy atom. The average molecular weight is 599 g/mol. The minimum atomic E-state index is -0.622. The number of halogens is 1. The van der Waals surface area contributed by atoms with Crippen molar-refractivity contribution in [1.29, 1.82) is 0 Å². The summed E-state index contributed by atoms with van der Waals surface area (Å²) in [6, 6.07) is 29.3. The highest BCUT2D eigenvalue weighted by Gasteiger charge is 2.39. The van der Waals surface area contributed by atoms with Gasteiger partial charge in [-0.2, -0.15) is 0 Å². The molecule has 0 atom stereocenters. The van der Waals surface area contributed by atoms with Gasteiger partial charge in [0.25, 0.3) is 0 Å². The van der Waals surface area contributed by atoms with Crippen LogP contribution in [0, 0.1) is 0 Å². The van der Waals surface area contributed by atoms with E-state index in [-0.39, 0.29) is 12.0 Å². The van der Waals surface area contributed by atoms with Crippen LogP contribution in [0.5, 0.6) is 5.88 Å². The molecule has 7 nitrogen and oxygen atoms in total. The van der Waals surface area contributed by atoms with Crippen molar-refractivity contribution in [2.75, 3.05) is 19.7 Å². The van der Waals surface area contributed by atoms with E-state index >= 15 is 0 Å². The molecular weight excluding hydrogens is 560 g/mol. The van der Waals surface area contributed by atoms with Gasteiger partial charge < -0.3 is 15.2 Å². The van der Waals surface area contributed by atoms with Crippen molar-refractivity contribution in [2.24, 2.45) is 0 Å². The summed E-state index contributed by atoms with van der Waals surface area (Å²) in [5.41, 5.74) is 3.77. The smallest absolute Gasteiger partial charge is 0.394 e. The minimum Gasteiger partial charge on any atom is -0.394 e. The number of carbonyl (C=O) groups is 1. The second-order valence-corrected chi connectivity index (χ2v) is 12.4. The molecule has 0 unspecified atom stereocenters. The normalized spacial score (nSPS) is 17.9. The van der Waals surface area contributed by atoms with Crippen LogP contribution in [0.4, 0.5) is 4.79 Å². The van der Waals surface area contributed by atoms with Crippen LogP contribution in [-0.2, 0) is 18.5 Å². The summed E-state index contributed by atoms with van der Waals surface area (Å²) in [5, 5.41) is 13.7. The number of rotatable bonds is 9. The third-order valence-electron chi connectivity index (χ3n) is 9.28. The van der Waals surface area contributed by atoms with Gasteiger partial charge in [0.05, 0.1) is 25.0 Å². The Hall–Kier alpha value is -3.65. The summed E-state index contributed by atoms with van der Waals surface area (Å²) in [6.07, 6.45) is 6.57. The Kier molecular flexibility index (Phi) is 8.84. The summed E-state index contributed by atoms with van der Waals surface area (Å²) in [4.78, 5) is 20.3. The molecule has 0 bridgehead atoms. The lowest BCUT2D eigenvalue weighted by Gasteiger charge is -2.42. The maximum atomic E-state index is 13.2. The molecule has 1 amide bonds. The fraction of sp³-hybridized carbons (Fsp3) is 0.371. The Morgan fingerprint density at radius 2 is 1.47 bits per heavy atom. The number of hydrogen-bond donors (Lipinski definition) is 2. The first-order chi connectivity index (χ1) is 21.0. The van der Waals surface area contributed by atoms with Crippen molar-refractivity contribution in [3.63, 3.8) is 0 Å². The lowest BCUT2D eigenvalue weighted by atomic mass is 9.68. The van der Waals surface area contributed by atoms with Crippen molar-refractivity contribution in [1.82, 2.24) is 19.8 Å². The second kappa shape index (κ2) is 12.9. The molecular formula is C35H39ClN4O3.